The minimum Gasteiger partial charge on any atom is -0.326 e. The van der Waals surface area contributed by atoms with Crippen LogP contribution >= 0.6 is 0 Å². The summed E-state index contributed by atoms with van der Waals surface area (Å²) in [4.78, 5) is 29.7. The van der Waals surface area contributed by atoms with Crippen molar-refractivity contribution < 1.29 is 31.5 Å². The average Bonchev–Trinajstić information content (AvgIpc) is 2.68. The predicted octanol–water partition coefficient (Wildman–Crippen LogP) is 5.24. The smallest absolute Gasteiger partial charge is 0.326 e. The van der Waals surface area contributed by atoms with Gasteiger partial charge in [-0.25, -0.2) is 13.8 Å². The van der Waals surface area contributed by atoms with E-state index in [0.717, 1.165) is 24.3 Å². The van der Waals surface area contributed by atoms with Gasteiger partial charge in [0.2, 0.25) is 11.8 Å². The van der Waals surface area contributed by atoms with E-state index in [2.05, 4.69) is 10.3 Å². The number of alkyl halides is 3. The zero-order valence-corrected chi connectivity index (χ0v) is 16.6. The van der Waals surface area contributed by atoms with E-state index in [4.69, 9.17) is 0 Å². The number of nitrogens with zero attached hydrogens (tertiary/aromatic N) is 2. The summed E-state index contributed by atoms with van der Waals surface area (Å²) < 4.78 is 66.4. The number of halogens is 5. The van der Waals surface area contributed by atoms with Crippen LogP contribution in [-0.2, 0) is 22.2 Å². The third-order valence-electron chi connectivity index (χ3n) is 4.39. The predicted molar refractivity (Wildman–Crippen MR) is 107 cm³/mol. The summed E-state index contributed by atoms with van der Waals surface area (Å²) in [6.07, 6.45) is -4.39. The number of carbonyl (C=O) groups is 2. The molecule has 0 aliphatic carbocycles. The topological polar surface area (TPSA) is 62.3 Å². The van der Waals surface area contributed by atoms with Gasteiger partial charge in [-0.3, -0.25) is 14.5 Å². The third-order valence-corrected chi connectivity index (χ3v) is 4.39. The van der Waals surface area contributed by atoms with Crippen molar-refractivity contribution in [2.75, 3.05) is 10.2 Å². The minimum atomic E-state index is -4.96. The van der Waals surface area contributed by atoms with Gasteiger partial charge < -0.3 is 5.32 Å². The summed E-state index contributed by atoms with van der Waals surface area (Å²) in [5, 5.41) is 2.42. The second kappa shape index (κ2) is 9.13. The molecule has 0 aliphatic rings. The Bertz CT molecular complexity index is 1150. The Morgan fingerprint density at radius 1 is 1.03 bits per heavy atom. The molecule has 3 rings (SSSR count). The molecular weight excluding hydrogens is 433 g/mol. The molecule has 10 heteroatoms. The van der Waals surface area contributed by atoms with Gasteiger partial charge in [0.05, 0.1) is 17.7 Å². The molecule has 2 amide bonds. The van der Waals surface area contributed by atoms with Gasteiger partial charge >= 0.3 is 6.18 Å². The number of aromatic nitrogens is 1. The number of nitrogens with one attached hydrogen (secondary N) is 1. The van der Waals surface area contributed by atoms with E-state index in [1.54, 1.807) is 0 Å². The van der Waals surface area contributed by atoms with E-state index < -0.39 is 47.2 Å². The molecule has 3 aromatic rings. The van der Waals surface area contributed by atoms with Crippen molar-refractivity contribution in [2.24, 2.45) is 0 Å². The van der Waals surface area contributed by atoms with E-state index in [0.29, 0.717) is 11.8 Å². The Balaban J connectivity index is 1.83. The highest BCUT2D eigenvalue weighted by Crippen LogP contribution is 2.34. The first-order chi connectivity index (χ1) is 15.1. The van der Waals surface area contributed by atoms with Crippen molar-refractivity contribution in [3.05, 3.63) is 83.6 Å². The van der Waals surface area contributed by atoms with Crippen molar-refractivity contribution >= 4 is 29.0 Å². The first-order valence-corrected chi connectivity index (χ1v) is 9.23. The second-order valence-electron chi connectivity index (χ2n) is 6.73. The van der Waals surface area contributed by atoms with Crippen molar-refractivity contribution in [2.45, 2.75) is 19.5 Å². The summed E-state index contributed by atoms with van der Waals surface area (Å²) in [6.45, 7) is 1.26. The van der Waals surface area contributed by atoms with Crippen molar-refractivity contribution in [3.63, 3.8) is 0 Å². The highest BCUT2D eigenvalue weighted by molar-refractivity contribution is 5.99. The van der Waals surface area contributed by atoms with Crippen LogP contribution in [-0.4, -0.2) is 16.8 Å². The molecular formula is C22H16F5N3O2. The second-order valence-corrected chi connectivity index (χ2v) is 6.73. The maximum Gasteiger partial charge on any atom is 0.419 e. The van der Waals surface area contributed by atoms with Gasteiger partial charge in [0.25, 0.3) is 0 Å². The molecule has 0 spiro atoms. The maximum absolute atomic E-state index is 13.7. The molecule has 1 aromatic heterocycles. The first-order valence-electron chi connectivity index (χ1n) is 9.23. The van der Waals surface area contributed by atoms with Gasteiger partial charge in [-0.2, -0.15) is 13.2 Å². The molecule has 0 atom stereocenters. The zero-order valence-electron chi connectivity index (χ0n) is 16.6. The highest BCUT2D eigenvalue weighted by Gasteiger charge is 2.37. The Labute approximate surface area is 179 Å². The molecule has 0 bridgehead atoms. The van der Waals surface area contributed by atoms with Crippen LogP contribution in [0.1, 0.15) is 18.1 Å². The Hall–Kier alpha value is -3.82. The zero-order chi connectivity index (χ0) is 23.5. The summed E-state index contributed by atoms with van der Waals surface area (Å²) in [5.41, 5.74) is -1.53. The molecule has 2 aromatic carbocycles. The number of rotatable bonds is 5. The van der Waals surface area contributed by atoms with Gasteiger partial charge in [0, 0.05) is 24.9 Å². The van der Waals surface area contributed by atoms with Crippen LogP contribution in [0.5, 0.6) is 0 Å². The lowest BCUT2D eigenvalue weighted by Crippen LogP contribution is -2.24. The fraction of sp³-hybridized carbons (Fsp3) is 0.136. The van der Waals surface area contributed by atoms with E-state index in [-0.39, 0.29) is 11.5 Å². The van der Waals surface area contributed by atoms with Crippen LogP contribution in [0.25, 0.3) is 0 Å². The van der Waals surface area contributed by atoms with Crippen LogP contribution in [0.3, 0.4) is 0 Å². The molecule has 0 saturated heterocycles. The molecule has 0 saturated carbocycles. The molecule has 1 heterocycles. The number of pyridine rings is 1. The standard InChI is InChI=1S/C22H16F5N3O2/c1-13(31)30(17-7-5-15(23)6-8-17)19-12-16(9-10-28-19)29-20(32)11-14-3-2-4-18(24)21(14)22(25,26)27/h2-10,12H,11H2,1H3,(H,28,29,32). The Kier molecular flexibility index (Phi) is 6.52. The number of hydrogen-bond donors (Lipinski definition) is 1. The molecule has 0 aliphatic heterocycles. The van der Waals surface area contributed by atoms with E-state index in [1.807, 2.05) is 0 Å². The summed E-state index contributed by atoms with van der Waals surface area (Å²) in [6, 6.07) is 10.5. The Morgan fingerprint density at radius 3 is 2.34 bits per heavy atom. The van der Waals surface area contributed by atoms with E-state index in [1.165, 1.54) is 42.3 Å². The highest BCUT2D eigenvalue weighted by atomic mass is 19.4. The molecule has 166 valence electrons. The minimum absolute atomic E-state index is 0.101. The molecule has 1 N–H and O–H groups in total. The fourth-order valence-corrected chi connectivity index (χ4v) is 3.10. The van der Waals surface area contributed by atoms with Gasteiger partial charge in [-0.15, -0.1) is 0 Å². The number of hydrogen-bond acceptors (Lipinski definition) is 3. The largest absolute Gasteiger partial charge is 0.419 e. The third kappa shape index (κ3) is 5.26. The van der Waals surface area contributed by atoms with Crippen LogP contribution < -0.4 is 10.2 Å². The van der Waals surface area contributed by atoms with Crippen LogP contribution in [0.4, 0.5) is 39.1 Å². The summed E-state index contributed by atoms with van der Waals surface area (Å²) in [7, 11) is 0. The summed E-state index contributed by atoms with van der Waals surface area (Å²) in [5.74, 6) is -3.13. The lowest BCUT2D eigenvalue weighted by molar-refractivity contribution is -0.140. The molecule has 0 radical (unpaired) electrons. The van der Waals surface area contributed by atoms with Gasteiger partial charge in [0.15, 0.2) is 0 Å². The number of amides is 2. The van der Waals surface area contributed by atoms with Crippen molar-refractivity contribution in [3.8, 4) is 0 Å². The number of anilines is 3. The van der Waals surface area contributed by atoms with Gasteiger partial charge in [0.1, 0.15) is 17.5 Å². The molecule has 32 heavy (non-hydrogen) atoms. The van der Waals surface area contributed by atoms with Crippen molar-refractivity contribution in [1.29, 1.82) is 0 Å². The van der Waals surface area contributed by atoms with Crippen LogP contribution in [0, 0.1) is 11.6 Å². The number of benzene rings is 2. The lowest BCUT2D eigenvalue weighted by atomic mass is 10.0. The monoisotopic (exact) mass is 449 g/mol. The quantitative estimate of drug-likeness (QED) is 0.542. The van der Waals surface area contributed by atoms with E-state index in [9.17, 15) is 31.5 Å². The molecule has 0 unspecified atom stereocenters. The lowest BCUT2D eigenvalue weighted by Gasteiger charge is -2.21. The van der Waals surface area contributed by atoms with E-state index >= 15 is 0 Å². The SMILES string of the molecule is CC(=O)N(c1ccc(F)cc1)c1cc(NC(=O)Cc2cccc(F)c2C(F)(F)F)ccn1. The fourth-order valence-electron chi connectivity index (χ4n) is 3.10. The van der Waals surface area contributed by atoms with Crippen LogP contribution in [0.15, 0.2) is 60.8 Å². The molecule has 5 nitrogen and oxygen atoms in total. The summed E-state index contributed by atoms with van der Waals surface area (Å²) >= 11 is 0. The number of carbonyl (C=O) groups excluding carboxylic acids is 2. The maximum atomic E-state index is 13.7. The van der Waals surface area contributed by atoms with Crippen molar-refractivity contribution in [1.82, 2.24) is 4.98 Å². The normalized spacial score (nSPS) is 11.2. The molecule has 0 fully saturated rings. The van der Waals surface area contributed by atoms with Crippen LogP contribution in [0.2, 0.25) is 0 Å². The van der Waals surface area contributed by atoms with Gasteiger partial charge in [-0.1, -0.05) is 12.1 Å². The van der Waals surface area contributed by atoms with Gasteiger partial charge in [-0.05, 0) is 42.0 Å². The Morgan fingerprint density at radius 2 is 1.72 bits per heavy atom. The average molecular weight is 449 g/mol. The first kappa shape index (κ1) is 22.9.